The fraction of sp³-hybridized carbons (Fsp3) is 0.600. The molecule has 0 unspecified atom stereocenters. The molecular weight excluding hydrogens is 318 g/mol. The lowest BCUT2D eigenvalue weighted by Crippen LogP contribution is -2.47. The third kappa shape index (κ3) is 6.05. The molecule has 0 aliphatic rings. The molecule has 1 atom stereocenters. The molecule has 0 aliphatic heterocycles. The van der Waals surface area contributed by atoms with Gasteiger partial charge in [-0.1, -0.05) is 6.07 Å². The zero-order chi connectivity index (χ0) is 17.6. The van der Waals surface area contributed by atoms with Gasteiger partial charge in [0.1, 0.15) is 9.84 Å². The zero-order valence-corrected chi connectivity index (χ0v) is 15.1. The lowest BCUT2D eigenvalue weighted by molar-refractivity contribution is 0.187. The summed E-state index contributed by atoms with van der Waals surface area (Å²) in [5, 5.41) is 2.78. The molecule has 0 spiro atoms. The predicted octanol–water partition coefficient (Wildman–Crippen LogP) is 1.36. The van der Waals surface area contributed by atoms with Gasteiger partial charge in [-0.3, -0.25) is 0 Å². The van der Waals surface area contributed by atoms with Crippen molar-refractivity contribution in [2.24, 2.45) is 0 Å². The van der Waals surface area contributed by atoms with Gasteiger partial charge in [-0.15, -0.1) is 0 Å². The Morgan fingerprint density at radius 1 is 1.43 bits per heavy atom. The highest BCUT2D eigenvalue weighted by Gasteiger charge is 2.22. The van der Waals surface area contributed by atoms with E-state index in [1.807, 2.05) is 26.0 Å². The van der Waals surface area contributed by atoms with E-state index in [4.69, 9.17) is 4.74 Å². The van der Waals surface area contributed by atoms with Crippen LogP contribution in [0.25, 0.3) is 0 Å². The van der Waals surface area contributed by atoms with Crippen LogP contribution in [-0.4, -0.2) is 56.0 Å². The largest absolute Gasteiger partial charge is 0.481 e. The maximum Gasteiger partial charge on any atom is 0.317 e. The van der Waals surface area contributed by atoms with Crippen molar-refractivity contribution in [1.82, 2.24) is 15.2 Å². The average Bonchev–Trinajstić information content (AvgIpc) is 2.44. The van der Waals surface area contributed by atoms with Gasteiger partial charge in [0.2, 0.25) is 5.88 Å². The molecule has 0 fully saturated rings. The van der Waals surface area contributed by atoms with Gasteiger partial charge in [-0.25, -0.2) is 18.2 Å². The summed E-state index contributed by atoms with van der Waals surface area (Å²) in [7, 11) is -1.62. The van der Waals surface area contributed by atoms with Crippen molar-refractivity contribution in [1.29, 1.82) is 0 Å². The van der Waals surface area contributed by atoms with E-state index in [-0.39, 0.29) is 18.3 Å². The summed E-state index contributed by atoms with van der Waals surface area (Å²) in [6.45, 7) is 6.07. The molecule has 1 rings (SSSR count). The molecule has 1 aromatic rings. The highest BCUT2D eigenvalue weighted by molar-refractivity contribution is 7.90. The third-order valence-electron chi connectivity index (χ3n) is 3.38. The Balaban J connectivity index is 2.74. The number of pyridine rings is 1. The van der Waals surface area contributed by atoms with Crippen LogP contribution in [0, 0.1) is 6.92 Å². The summed E-state index contributed by atoms with van der Waals surface area (Å²) in [6, 6.07) is 2.98. The SMILES string of the molecule is CCN(C(=O)NCc1ccc(C)nc1OC)[C@H](C)CS(C)(=O)=O. The number of sulfone groups is 1. The lowest BCUT2D eigenvalue weighted by atomic mass is 10.2. The monoisotopic (exact) mass is 343 g/mol. The number of nitrogens with zero attached hydrogens (tertiary/aromatic N) is 2. The number of rotatable bonds is 7. The summed E-state index contributed by atoms with van der Waals surface area (Å²) in [5.74, 6) is 0.404. The first-order valence-electron chi connectivity index (χ1n) is 7.40. The highest BCUT2D eigenvalue weighted by Crippen LogP contribution is 2.15. The number of urea groups is 1. The number of hydrogen-bond acceptors (Lipinski definition) is 5. The molecule has 2 amide bonds. The van der Waals surface area contributed by atoms with Gasteiger partial charge >= 0.3 is 6.03 Å². The number of carbonyl (C=O) groups excluding carboxylic acids is 1. The Morgan fingerprint density at radius 3 is 2.61 bits per heavy atom. The van der Waals surface area contributed by atoms with Crippen molar-refractivity contribution in [3.63, 3.8) is 0 Å². The molecule has 0 aromatic carbocycles. The van der Waals surface area contributed by atoms with Gasteiger partial charge in [-0.2, -0.15) is 0 Å². The maximum absolute atomic E-state index is 12.3. The van der Waals surface area contributed by atoms with Crippen LogP contribution in [0.1, 0.15) is 25.1 Å². The van der Waals surface area contributed by atoms with Gasteiger partial charge in [0.15, 0.2) is 0 Å². The van der Waals surface area contributed by atoms with Crippen LogP contribution in [0.3, 0.4) is 0 Å². The molecule has 23 heavy (non-hydrogen) atoms. The molecule has 0 saturated carbocycles. The molecule has 0 aliphatic carbocycles. The first-order valence-corrected chi connectivity index (χ1v) is 9.46. The maximum atomic E-state index is 12.3. The molecule has 0 saturated heterocycles. The lowest BCUT2D eigenvalue weighted by Gasteiger charge is -2.27. The molecular formula is C15H25N3O4S. The number of aryl methyl sites for hydroxylation is 1. The van der Waals surface area contributed by atoms with Crippen molar-refractivity contribution < 1.29 is 17.9 Å². The van der Waals surface area contributed by atoms with Crippen LogP contribution >= 0.6 is 0 Å². The summed E-state index contributed by atoms with van der Waals surface area (Å²) >= 11 is 0. The van der Waals surface area contributed by atoms with Crippen molar-refractivity contribution in [3.8, 4) is 5.88 Å². The van der Waals surface area contributed by atoms with E-state index >= 15 is 0 Å². The van der Waals surface area contributed by atoms with E-state index < -0.39 is 15.9 Å². The molecule has 1 heterocycles. The predicted molar refractivity (Wildman–Crippen MR) is 89.3 cm³/mol. The molecule has 0 bridgehead atoms. The molecule has 1 aromatic heterocycles. The van der Waals surface area contributed by atoms with Gasteiger partial charge in [0.25, 0.3) is 0 Å². The first-order chi connectivity index (χ1) is 10.7. The van der Waals surface area contributed by atoms with Crippen LogP contribution in [0.5, 0.6) is 5.88 Å². The van der Waals surface area contributed by atoms with Crippen LogP contribution in [0.2, 0.25) is 0 Å². The first kappa shape index (κ1) is 19.2. The van der Waals surface area contributed by atoms with Crippen molar-refractivity contribution in [2.75, 3.05) is 25.7 Å². The molecule has 8 heteroatoms. The second-order valence-electron chi connectivity index (χ2n) is 5.51. The molecule has 7 nitrogen and oxygen atoms in total. The normalized spacial score (nSPS) is 12.6. The third-order valence-corrected chi connectivity index (χ3v) is 4.47. The quantitative estimate of drug-likeness (QED) is 0.807. The zero-order valence-electron chi connectivity index (χ0n) is 14.3. The fourth-order valence-electron chi connectivity index (χ4n) is 2.33. The number of methoxy groups -OCH3 is 1. The smallest absolute Gasteiger partial charge is 0.317 e. The Labute approximate surface area is 138 Å². The number of aromatic nitrogens is 1. The Morgan fingerprint density at radius 2 is 2.09 bits per heavy atom. The van der Waals surface area contributed by atoms with Crippen LogP contribution in [0.15, 0.2) is 12.1 Å². The van der Waals surface area contributed by atoms with Gasteiger partial charge in [0, 0.05) is 36.6 Å². The minimum absolute atomic E-state index is 0.0658. The van der Waals surface area contributed by atoms with Crippen LogP contribution in [0.4, 0.5) is 4.79 Å². The van der Waals surface area contributed by atoms with Gasteiger partial charge < -0.3 is 15.0 Å². The minimum atomic E-state index is -3.15. The summed E-state index contributed by atoms with van der Waals surface area (Å²) in [4.78, 5) is 18.0. The number of ether oxygens (including phenoxy) is 1. The summed E-state index contributed by atoms with van der Waals surface area (Å²) in [6.07, 6.45) is 1.16. The Hall–Kier alpha value is -1.83. The summed E-state index contributed by atoms with van der Waals surface area (Å²) < 4.78 is 28.0. The van der Waals surface area contributed by atoms with E-state index in [0.29, 0.717) is 12.4 Å². The number of carbonyl (C=O) groups is 1. The van der Waals surface area contributed by atoms with Gasteiger partial charge in [-0.05, 0) is 26.8 Å². The van der Waals surface area contributed by atoms with Crippen LogP contribution < -0.4 is 10.1 Å². The standard InChI is InChI=1S/C15H25N3O4S/c1-6-18(12(3)10-23(5,20)21)15(19)16-9-13-8-7-11(2)17-14(13)22-4/h7-8,12H,6,9-10H2,1-5H3,(H,16,19)/t12-/m1/s1. The number of nitrogens with one attached hydrogen (secondary N) is 1. The average molecular weight is 343 g/mol. The van der Waals surface area contributed by atoms with Crippen molar-refractivity contribution >= 4 is 15.9 Å². The second kappa shape index (κ2) is 8.14. The topological polar surface area (TPSA) is 88.6 Å². The molecule has 1 N–H and O–H groups in total. The van der Waals surface area contributed by atoms with Crippen molar-refractivity contribution in [2.45, 2.75) is 33.4 Å². The highest BCUT2D eigenvalue weighted by atomic mass is 32.2. The van der Waals surface area contributed by atoms with Gasteiger partial charge in [0.05, 0.1) is 12.9 Å². The Kier molecular flexibility index (Phi) is 6.80. The second-order valence-corrected chi connectivity index (χ2v) is 7.69. The minimum Gasteiger partial charge on any atom is -0.481 e. The van der Waals surface area contributed by atoms with E-state index in [0.717, 1.165) is 17.5 Å². The van der Waals surface area contributed by atoms with E-state index in [1.165, 1.54) is 12.0 Å². The summed E-state index contributed by atoms with van der Waals surface area (Å²) in [5.41, 5.74) is 1.59. The van der Waals surface area contributed by atoms with E-state index in [9.17, 15) is 13.2 Å². The number of hydrogen-bond donors (Lipinski definition) is 1. The fourth-order valence-corrected chi connectivity index (χ4v) is 3.39. The molecule has 0 radical (unpaired) electrons. The van der Waals surface area contributed by atoms with E-state index in [1.54, 1.807) is 6.92 Å². The number of amides is 2. The Bertz CT molecular complexity index is 646. The van der Waals surface area contributed by atoms with Crippen LogP contribution in [-0.2, 0) is 16.4 Å². The molecule has 130 valence electrons. The van der Waals surface area contributed by atoms with E-state index in [2.05, 4.69) is 10.3 Å². The van der Waals surface area contributed by atoms with Crippen molar-refractivity contribution in [3.05, 3.63) is 23.4 Å².